The van der Waals surface area contributed by atoms with Crippen molar-refractivity contribution in [2.24, 2.45) is 7.05 Å². The first kappa shape index (κ1) is 22.7. The summed E-state index contributed by atoms with van der Waals surface area (Å²) in [6, 6.07) is 12.9. The Kier molecular flexibility index (Phi) is 6.83. The van der Waals surface area contributed by atoms with E-state index in [2.05, 4.69) is 21.6 Å². The summed E-state index contributed by atoms with van der Waals surface area (Å²) in [6.07, 6.45) is 0.875. The average Bonchev–Trinajstić information content (AvgIpc) is 3.43. The minimum atomic E-state index is -0.268. The lowest BCUT2D eigenvalue weighted by Gasteiger charge is -2.16. The van der Waals surface area contributed by atoms with Crippen molar-refractivity contribution in [3.63, 3.8) is 0 Å². The molecule has 0 atom stereocenters. The van der Waals surface area contributed by atoms with Gasteiger partial charge in [0.15, 0.2) is 22.5 Å². The van der Waals surface area contributed by atoms with Gasteiger partial charge in [0.05, 0.1) is 26.5 Å². The number of nitrogens with one attached hydrogen (secondary N) is 1. The number of carbonyl (C=O) groups is 2. The topological polar surface area (TPSA) is 98.6 Å². The first-order valence-corrected chi connectivity index (χ1v) is 11.4. The Bertz CT molecular complexity index is 1180. The van der Waals surface area contributed by atoms with Crippen LogP contribution in [0, 0.1) is 0 Å². The van der Waals surface area contributed by atoms with E-state index < -0.39 is 0 Å². The standard InChI is InChI=1S/C23H25N5O4S/c1-27-20(13-24-22(30)16-8-9-18(31-2)19(12-16)32-3)25-26-23(27)33-14-21(29)28-11-10-15-6-4-5-7-17(15)28/h4-9,12H,10-11,13-14H2,1-3H3,(H,24,30). The van der Waals surface area contributed by atoms with E-state index in [1.165, 1.54) is 24.4 Å². The van der Waals surface area contributed by atoms with E-state index in [4.69, 9.17) is 9.47 Å². The van der Waals surface area contributed by atoms with Gasteiger partial charge in [-0.2, -0.15) is 0 Å². The number of rotatable bonds is 8. The molecule has 0 spiro atoms. The molecule has 0 fully saturated rings. The highest BCUT2D eigenvalue weighted by Gasteiger charge is 2.24. The lowest BCUT2D eigenvalue weighted by molar-refractivity contribution is -0.116. The van der Waals surface area contributed by atoms with Crippen molar-refractivity contribution in [1.29, 1.82) is 0 Å². The van der Waals surface area contributed by atoms with Crippen LogP contribution in [0.2, 0.25) is 0 Å². The molecular weight excluding hydrogens is 442 g/mol. The summed E-state index contributed by atoms with van der Waals surface area (Å²) in [6.45, 7) is 0.898. The number of amides is 2. The number of nitrogens with zero attached hydrogens (tertiary/aromatic N) is 4. The van der Waals surface area contributed by atoms with Gasteiger partial charge in [-0.15, -0.1) is 10.2 Å². The van der Waals surface area contributed by atoms with Gasteiger partial charge in [-0.1, -0.05) is 30.0 Å². The number of carbonyl (C=O) groups excluding carboxylic acids is 2. The van der Waals surface area contributed by atoms with E-state index in [-0.39, 0.29) is 24.1 Å². The summed E-state index contributed by atoms with van der Waals surface area (Å²) in [4.78, 5) is 27.1. The molecule has 3 aromatic rings. The summed E-state index contributed by atoms with van der Waals surface area (Å²) >= 11 is 1.33. The van der Waals surface area contributed by atoms with Gasteiger partial charge in [-0.25, -0.2) is 0 Å². The van der Waals surface area contributed by atoms with Crippen LogP contribution in [0.1, 0.15) is 21.7 Å². The van der Waals surface area contributed by atoms with Crippen LogP contribution < -0.4 is 19.7 Å². The molecule has 1 N–H and O–H groups in total. The Morgan fingerprint density at radius 2 is 1.88 bits per heavy atom. The van der Waals surface area contributed by atoms with E-state index in [0.29, 0.717) is 34.6 Å². The third-order valence-electron chi connectivity index (χ3n) is 5.49. The number of fused-ring (bicyclic) bond motifs is 1. The fourth-order valence-electron chi connectivity index (χ4n) is 3.67. The number of methoxy groups -OCH3 is 2. The zero-order valence-electron chi connectivity index (χ0n) is 18.7. The number of benzene rings is 2. The van der Waals surface area contributed by atoms with Crippen molar-refractivity contribution in [1.82, 2.24) is 20.1 Å². The van der Waals surface area contributed by atoms with Crippen LogP contribution in [0.15, 0.2) is 47.6 Å². The number of hydrogen-bond donors (Lipinski definition) is 1. The van der Waals surface area contributed by atoms with Crippen molar-refractivity contribution in [3.8, 4) is 11.5 Å². The van der Waals surface area contributed by atoms with Gasteiger partial charge in [0.2, 0.25) is 5.91 Å². The number of anilines is 1. The fourth-order valence-corrected chi connectivity index (χ4v) is 4.47. The number of aromatic nitrogens is 3. The predicted molar refractivity (Wildman–Crippen MR) is 125 cm³/mol. The van der Waals surface area contributed by atoms with Crippen LogP contribution in [-0.2, 0) is 24.8 Å². The van der Waals surface area contributed by atoms with Gasteiger partial charge in [0.1, 0.15) is 0 Å². The first-order chi connectivity index (χ1) is 16.0. The van der Waals surface area contributed by atoms with E-state index >= 15 is 0 Å². The normalized spacial score (nSPS) is 12.4. The minimum absolute atomic E-state index is 0.0382. The van der Waals surface area contributed by atoms with Gasteiger partial charge in [0, 0.05) is 24.8 Å². The molecule has 172 valence electrons. The second-order valence-electron chi connectivity index (χ2n) is 7.42. The molecule has 0 radical (unpaired) electrons. The highest BCUT2D eigenvalue weighted by molar-refractivity contribution is 7.99. The molecule has 10 heteroatoms. The Morgan fingerprint density at radius 1 is 1.09 bits per heavy atom. The minimum Gasteiger partial charge on any atom is -0.493 e. The highest BCUT2D eigenvalue weighted by atomic mass is 32.2. The number of hydrogen-bond acceptors (Lipinski definition) is 7. The molecule has 0 bridgehead atoms. The van der Waals surface area contributed by atoms with Crippen LogP contribution in [0.4, 0.5) is 5.69 Å². The second-order valence-corrected chi connectivity index (χ2v) is 8.37. The Hall–Kier alpha value is -3.53. The molecule has 2 amide bonds. The average molecular weight is 468 g/mol. The zero-order chi connectivity index (χ0) is 23.4. The molecule has 2 heterocycles. The molecule has 0 saturated heterocycles. The molecule has 4 rings (SSSR count). The molecular formula is C23H25N5O4S. The largest absolute Gasteiger partial charge is 0.493 e. The lowest BCUT2D eigenvalue weighted by atomic mass is 10.2. The van der Waals surface area contributed by atoms with E-state index in [1.54, 1.807) is 29.9 Å². The lowest BCUT2D eigenvalue weighted by Crippen LogP contribution is -2.30. The van der Waals surface area contributed by atoms with Crippen LogP contribution in [0.5, 0.6) is 11.5 Å². The van der Waals surface area contributed by atoms with Gasteiger partial charge in [-0.05, 0) is 36.2 Å². The van der Waals surface area contributed by atoms with E-state index in [1.807, 2.05) is 30.1 Å². The number of thioether (sulfide) groups is 1. The van der Waals surface area contributed by atoms with Crippen LogP contribution in [-0.4, -0.2) is 53.1 Å². The zero-order valence-corrected chi connectivity index (χ0v) is 19.5. The van der Waals surface area contributed by atoms with E-state index in [0.717, 1.165) is 12.1 Å². The highest BCUT2D eigenvalue weighted by Crippen LogP contribution is 2.29. The first-order valence-electron chi connectivity index (χ1n) is 10.4. The van der Waals surface area contributed by atoms with Gasteiger partial charge < -0.3 is 24.3 Å². The maximum atomic E-state index is 12.7. The van der Waals surface area contributed by atoms with Crippen LogP contribution >= 0.6 is 11.8 Å². The smallest absolute Gasteiger partial charge is 0.251 e. The Balaban J connectivity index is 1.34. The molecule has 9 nitrogen and oxygen atoms in total. The third kappa shape index (κ3) is 4.80. The molecule has 33 heavy (non-hydrogen) atoms. The monoisotopic (exact) mass is 467 g/mol. The SMILES string of the molecule is COc1ccc(C(=O)NCc2nnc(SCC(=O)N3CCc4ccccc43)n2C)cc1OC. The molecule has 1 aliphatic rings. The van der Waals surface area contributed by atoms with Crippen molar-refractivity contribution >= 4 is 29.3 Å². The van der Waals surface area contributed by atoms with Gasteiger partial charge in [0.25, 0.3) is 5.91 Å². The predicted octanol–water partition coefficient (Wildman–Crippen LogP) is 2.44. The van der Waals surface area contributed by atoms with Crippen LogP contribution in [0.3, 0.4) is 0 Å². The second kappa shape index (κ2) is 9.95. The van der Waals surface area contributed by atoms with Crippen molar-refractivity contribution in [2.75, 3.05) is 31.4 Å². The Morgan fingerprint density at radius 3 is 2.67 bits per heavy atom. The molecule has 1 aromatic heterocycles. The summed E-state index contributed by atoms with van der Waals surface area (Å²) in [7, 11) is 4.88. The Labute approximate surface area is 196 Å². The summed E-state index contributed by atoms with van der Waals surface area (Å²) < 4.78 is 12.2. The molecule has 0 unspecified atom stereocenters. The van der Waals surface area contributed by atoms with Crippen molar-refractivity contribution in [2.45, 2.75) is 18.1 Å². The van der Waals surface area contributed by atoms with Gasteiger partial charge in [-0.3, -0.25) is 9.59 Å². The molecule has 1 aliphatic heterocycles. The molecule has 2 aromatic carbocycles. The number of para-hydroxylation sites is 1. The fraction of sp³-hybridized carbons (Fsp3) is 0.304. The molecule has 0 saturated carbocycles. The summed E-state index contributed by atoms with van der Waals surface area (Å²) in [5, 5.41) is 11.8. The maximum Gasteiger partial charge on any atom is 0.251 e. The van der Waals surface area contributed by atoms with Crippen molar-refractivity contribution in [3.05, 3.63) is 59.4 Å². The summed E-state index contributed by atoms with van der Waals surface area (Å²) in [5.41, 5.74) is 2.63. The van der Waals surface area contributed by atoms with Crippen LogP contribution in [0.25, 0.3) is 0 Å². The quantitative estimate of drug-likeness (QED) is 0.508. The maximum absolute atomic E-state index is 12.7. The molecule has 0 aliphatic carbocycles. The van der Waals surface area contributed by atoms with Crippen molar-refractivity contribution < 1.29 is 19.1 Å². The van der Waals surface area contributed by atoms with Gasteiger partial charge >= 0.3 is 0 Å². The number of ether oxygens (including phenoxy) is 2. The van der Waals surface area contributed by atoms with E-state index in [9.17, 15) is 9.59 Å². The third-order valence-corrected chi connectivity index (χ3v) is 6.50. The summed E-state index contributed by atoms with van der Waals surface area (Å²) in [5.74, 6) is 1.65.